The fraction of sp³-hybridized carbons (Fsp3) is 0.667. The fourth-order valence-electron chi connectivity index (χ4n) is 0.828. The quantitative estimate of drug-likeness (QED) is 0.787. The molecule has 0 fully saturated rings. The second-order valence-corrected chi connectivity index (χ2v) is 4.12. The Morgan fingerprint density at radius 2 is 1.93 bits per heavy atom. The van der Waals surface area contributed by atoms with Gasteiger partial charge in [-0.25, -0.2) is 0 Å². The Balaban J connectivity index is 2.79. The Bertz CT molecular complexity index is 330. The van der Waals surface area contributed by atoms with Gasteiger partial charge in [-0.1, -0.05) is 13.8 Å². The Kier molecular flexibility index (Phi) is 4.08. The van der Waals surface area contributed by atoms with E-state index in [-0.39, 0.29) is 11.3 Å². The molecule has 1 heterocycles. The molecule has 0 spiro atoms. The Morgan fingerprint density at radius 1 is 1.27 bits per heavy atom. The summed E-state index contributed by atoms with van der Waals surface area (Å²) < 4.78 is 5.37. The third kappa shape index (κ3) is 3.87. The zero-order chi connectivity index (χ0) is 11.4. The average molecular weight is 231 g/mol. The van der Waals surface area contributed by atoms with Gasteiger partial charge < -0.3 is 9.64 Å². The van der Waals surface area contributed by atoms with Crippen LogP contribution in [0.3, 0.4) is 0 Å². The minimum Gasteiger partial charge on any atom is -0.463 e. The van der Waals surface area contributed by atoms with Crippen molar-refractivity contribution in [2.75, 3.05) is 25.6 Å². The summed E-state index contributed by atoms with van der Waals surface area (Å²) in [5.41, 5.74) is 0. The average Bonchev–Trinajstić information content (AvgIpc) is 2.13. The van der Waals surface area contributed by atoms with E-state index in [1.807, 2.05) is 14.1 Å². The van der Waals surface area contributed by atoms with Gasteiger partial charge in [0.25, 0.3) is 0 Å². The van der Waals surface area contributed by atoms with Crippen molar-refractivity contribution in [3.05, 3.63) is 5.28 Å². The molecule has 0 unspecified atom stereocenters. The molecule has 1 aromatic rings. The number of hydrogen-bond acceptors (Lipinski definition) is 5. The van der Waals surface area contributed by atoms with E-state index in [9.17, 15) is 0 Å². The molecular weight excluding hydrogens is 216 g/mol. The molecule has 0 bridgehead atoms. The molecule has 0 aliphatic rings. The summed E-state index contributed by atoms with van der Waals surface area (Å²) >= 11 is 5.74. The van der Waals surface area contributed by atoms with Gasteiger partial charge in [-0.15, -0.1) is 0 Å². The lowest BCUT2D eigenvalue weighted by Crippen LogP contribution is -2.15. The monoisotopic (exact) mass is 230 g/mol. The predicted octanol–water partition coefficient (Wildman–Crippen LogP) is 1.63. The standard InChI is InChI=1S/C9H15ClN4O/c1-6(2)5-15-9-12-7(10)11-8(13-9)14(3)4/h6H,5H2,1-4H3. The SMILES string of the molecule is CC(C)COc1nc(Cl)nc(N(C)C)n1. The Labute approximate surface area is 94.5 Å². The highest BCUT2D eigenvalue weighted by Gasteiger charge is 2.07. The van der Waals surface area contributed by atoms with Gasteiger partial charge in [0, 0.05) is 14.1 Å². The van der Waals surface area contributed by atoms with E-state index in [1.165, 1.54) is 0 Å². The lowest BCUT2D eigenvalue weighted by Gasteiger charge is -2.12. The van der Waals surface area contributed by atoms with Crippen LogP contribution in [0.5, 0.6) is 6.01 Å². The Hall–Kier alpha value is -1.10. The molecule has 6 heteroatoms. The van der Waals surface area contributed by atoms with Crippen LogP contribution < -0.4 is 9.64 Å². The van der Waals surface area contributed by atoms with E-state index in [2.05, 4.69) is 28.8 Å². The maximum atomic E-state index is 5.74. The zero-order valence-electron chi connectivity index (χ0n) is 9.36. The van der Waals surface area contributed by atoms with Crippen molar-refractivity contribution < 1.29 is 4.74 Å². The van der Waals surface area contributed by atoms with Crippen LogP contribution in [0.1, 0.15) is 13.8 Å². The minimum atomic E-state index is 0.146. The van der Waals surface area contributed by atoms with E-state index in [1.54, 1.807) is 4.90 Å². The van der Waals surface area contributed by atoms with Gasteiger partial charge in [-0.3, -0.25) is 0 Å². The highest BCUT2D eigenvalue weighted by molar-refractivity contribution is 6.28. The maximum Gasteiger partial charge on any atom is 0.322 e. The van der Waals surface area contributed by atoms with Crippen LogP contribution >= 0.6 is 11.6 Å². The zero-order valence-corrected chi connectivity index (χ0v) is 10.1. The smallest absolute Gasteiger partial charge is 0.322 e. The van der Waals surface area contributed by atoms with Crippen LogP contribution in [0.4, 0.5) is 5.95 Å². The second kappa shape index (κ2) is 5.11. The Morgan fingerprint density at radius 3 is 2.47 bits per heavy atom. The molecule has 15 heavy (non-hydrogen) atoms. The first-order valence-electron chi connectivity index (χ1n) is 4.70. The van der Waals surface area contributed by atoms with Crippen LogP contribution in [0.15, 0.2) is 0 Å². The van der Waals surface area contributed by atoms with Crippen LogP contribution in [0, 0.1) is 5.92 Å². The molecule has 0 N–H and O–H groups in total. The van der Waals surface area contributed by atoms with E-state index >= 15 is 0 Å². The molecule has 0 saturated carbocycles. The topological polar surface area (TPSA) is 51.1 Å². The normalized spacial score (nSPS) is 10.5. The summed E-state index contributed by atoms with van der Waals surface area (Å²) in [6.07, 6.45) is 0. The number of ether oxygens (including phenoxy) is 1. The molecule has 0 amide bonds. The maximum absolute atomic E-state index is 5.74. The van der Waals surface area contributed by atoms with Crippen molar-refractivity contribution >= 4 is 17.5 Å². The second-order valence-electron chi connectivity index (χ2n) is 3.79. The van der Waals surface area contributed by atoms with Crippen LogP contribution in [-0.4, -0.2) is 35.7 Å². The number of nitrogens with zero attached hydrogens (tertiary/aromatic N) is 4. The molecule has 0 atom stereocenters. The lowest BCUT2D eigenvalue weighted by atomic mass is 10.2. The van der Waals surface area contributed by atoms with E-state index < -0.39 is 0 Å². The first-order chi connectivity index (χ1) is 6.99. The molecule has 1 aromatic heterocycles. The van der Waals surface area contributed by atoms with Crippen molar-refractivity contribution in [3.8, 4) is 6.01 Å². The molecule has 0 aliphatic heterocycles. The number of hydrogen-bond donors (Lipinski definition) is 0. The summed E-state index contributed by atoms with van der Waals surface area (Å²) in [4.78, 5) is 13.7. The summed E-state index contributed by atoms with van der Waals surface area (Å²) in [6, 6.07) is 0.271. The minimum absolute atomic E-state index is 0.146. The third-order valence-electron chi connectivity index (χ3n) is 1.52. The first-order valence-corrected chi connectivity index (χ1v) is 5.08. The number of aromatic nitrogens is 3. The summed E-state index contributed by atoms with van der Waals surface area (Å²) in [6.45, 7) is 4.67. The van der Waals surface area contributed by atoms with Crippen molar-refractivity contribution in [1.82, 2.24) is 15.0 Å². The lowest BCUT2D eigenvalue weighted by molar-refractivity contribution is 0.250. The van der Waals surface area contributed by atoms with Gasteiger partial charge in [0.15, 0.2) is 0 Å². The van der Waals surface area contributed by atoms with Gasteiger partial charge in [0.2, 0.25) is 11.2 Å². The predicted molar refractivity (Wildman–Crippen MR) is 59.5 cm³/mol. The van der Waals surface area contributed by atoms with Crippen molar-refractivity contribution in [1.29, 1.82) is 0 Å². The number of halogens is 1. The summed E-state index contributed by atoms with van der Waals surface area (Å²) in [7, 11) is 3.66. The van der Waals surface area contributed by atoms with Gasteiger partial charge in [0.1, 0.15) is 0 Å². The summed E-state index contributed by atoms with van der Waals surface area (Å²) in [5, 5.41) is 0.146. The largest absolute Gasteiger partial charge is 0.463 e. The molecule has 0 radical (unpaired) electrons. The van der Waals surface area contributed by atoms with Gasteiger partial charge >= 0.3 is 6.01 Å². The highest BCUT2D eigenvalue weighted by atomic mass is 35.5. The van der Waals surface area contributed by atoms with E-state index in [4.69, 9.17) is 16.3 Å². The molecule has 84 valence electrons. The van der Waals surface area contributed by atoms with Gasteiger partial charge in [-0.2, -0.15) is 15.0 Å². The molecule has 0 aliphatic carbocycles. The summed E-state index contributed by atoms with van der Waals surface area (Å²) in [5.74, 6) is 0.914. The number of anilines is 1. The van der Waals surface area contributed by atoms with Crippen LogP contribution in [0.25, 0.3) is 0 Å². The van der Waals surface area contributed by atoms with Crippen LogP contribution in [-0.2, 0) is 0 Å². The molecule has 0 saturated heterocycles. The fourth-order valence-corrected chi connectivity index (χ4v) is 0.976. The van der Waals surface area contributed by atoms with Crippen molar-refractivity contribution in [2.24, 2.45) is 5.92 Å². The van der Waals surface area contributed by atoms with Crippen molar-refractivity contribution in [2.45, 2.75) is 13.8 Å². The first kappa shape index (κ1) is 12.0. The molecule has 1 rings (SSSR count). The van der Waals surface area contributed by atoms with Gasteiger partial charge in [0.05, 0.1) is 6.61 Å². The van der Waals surface area contributed by atoms with Crippen LogP contribution in [0.2, 0.25) is 5.28 Å². The van der Waals surface area contributed by atoms with Crippen molar-refractivity contribution in [3.63, 3.8) is 0 Å². The van der Waals surface area contributed by atoms with Gasteiger partial charge in [-0.05, 0) is 17.5 Å². The molecular formula is C9H15ClN4O. The number of rotatable bonds is 4. The van der Waals surface area contributed by atoms with E-state index in [0.29, 0.717) is 18.5 Å². The third-order valence-corrected chi connectivity index (χ3v) is 1.69. The molecule has 0 aromatic carbocycles. The molecule has 5 nitrogen and oxygen atoms in total. The van der Waals surface area contributed by atoms with E-state index in [0.717, 1.165) is 0 Å². The highest BCUT2D eigenvalue weighted by Crippen LogP contribution is 2.13.